The quantitative estimate of drug-likeness (QED) is 0.835. The number of benzene rings is 1. The molecular formula is C19H22N4O4. The van der Waals surface area contributed by atoms with E-state index in [4.69, 9.17) is 0 Å². The zero-order valence-electron chi connectivity index (χ0n) is 15.4. The van der Waals surface area contributed by atoms with Crippen LogP contribution in [0.3, 0.4) is 0 Å². The van der Waals surface area contributed by atoms with Crippen LogP contribution in [0.1, 0.15) is 39.3 Å². The minimum absolute atomic E-state index is 0.00364. The molecule has 1 aliphatic rings. The summed E-state index contributed by atoms with van der Waals surface area (Å²) in [4.78, 5) is 50.1. The summed E-state index contributed by atoms with van der Waals surface area (Å²) in [5, 5.41) is 2.69. The highest BCUT2D eigenvalue weighted by Gasteiger charge is 2.19. The molecule has 0 aliphatic carbocycles. The molecule has 0 unspecified atom stereocenters. The average molecular weight is 370 g/mol. The Morgan fingerprint density at radius 1 is 1.00 bits per heavy atom. The molecule has 0 atom stereocenters. The van der Waals surface area contributed by atoms with Gasteiger partial charge in [0.15, 0.2) is 0 Å². The molecule has 1 fully saturated rings. The van der Waals surface area contributed by atoms with E-state index in [0.717, 1.165) is 46.7 Å². The second kappa shape index (κ2) is 7.61. The van der Waals surface area contributed by atoms with Crippen LogP contribution in [0, 0.1) is 0 Å². The lowest BCUT2D eigenvalue weighted by Crippen LogP contribution is -2.41. The Kier molecular flexibility index (Phi) is 5.25. The predicted octanol–water partition coefficient (Wildman–Crippen LogP) is 0.250. The molecule has 3 rings (SSSR count). The van der Waals surface area contributed by atoms with E-state index in [0.29, 0.717) is 5.56 Å². The first-order valence-corrected chi connectivity index (χ1v) is 8.82. The van der Waals surface area contributed by atoms with Gasteiger partial charge in [0.25, 0.3) is 17.4 Å². The molecule has 27 heavy (non-hydrogen) atoms. The van der Waals surface area contributed by atoms with Gasteiger partial charge in [0.2, 0.25) is 0 Å². The molecule has 2 heterocycles. The van der Waals surface area contributed by atoms with Gasteiger partial charge in [-0.2, -0.15) is 0 Å². The Morgan fingerprint density at radius 2 is 1.63 bits per heavy atom. The highest BCUT2D eigenvalue weighted by atomic mass is 16.2. The van der Waals surface area contributed by atoms with Gasteiger partial charge in [-0.05, 0) is 30.5 Å². The van der Waals surface area contributed by atoms with Gasteiger partial charge in [-0.3, -0.25) is 23.5 Å². The standard InChI is InChI=1S/C19H22N4O4/c1-21-15(11-16(24)22(2)19(21)27)17(25)20-12-13-5-7-14(8-6-13)18(26)23-9-3-4-10-23/h5-8,11H,3-4,9-10,12H2,1-2H3,(H,20,25). The van der Waals surface area contributed by atoms with Crippen LogP contribution in [-0.4, -0.2) is 38.9 Å². The fourth-order valence-corrected chi connectivity index (χ4v) is 3.09. The number of hydrogen-bond acceptors (Lipinski definition) is 4. The molecule has 0 saturated carbocycles. The first-order valence-electron chi connectivity index (χ1n) is 8.82. The van der Waals surface area contributed by atoms with Crippen molar-refractivity contribution >= 4 is 11.8 Å². The number of carbonyl (C=O) groups excluding carboxylic acids is 2. The number of aromatic nitrogens is 2. The number of amides is 2. The van der Waals surface area contributed by atoms with Crippen molar-refractivity contribution in [3.63, 3.8) is 0 Å². The summed E-state index contributed by atoms with van der Waals surface area (Å²) in [7, 11) is 2.80. The van der Waals surface area contributed by atoms with Crippen LogP contribution < -0.4 is 16.6 Å². The first kappa shape index (κ1) is 18.6. The molecule has 1 aromatic carbocycles. The summed E-state index contributed by atoms with van der Waals surface area (Å²) in [6.45, 7) is 1.82. The molecule has 0 spiro atoms. The van der Waals surface area contributed by atoms with E-state index >= 15 is 0 Å². The largest absolute Gasteiger partial charge is 0.347 e. The van der Waals surface area contributed by atoms with Gasteiger partial charge in [0.05, 0.1) is 0 Å². The fraction of sp³-hybridized carbons (Fsp3) is 0.368. The molecule has 1 aliphatic heterocycles. The Labute approximate surface area is 156 Å². The van der Waals surface area contributed by atoms with E-state index in [2.05, 4.69) is 5.32 Å². The first-order chi connectivity index (χ1) is 12.9. The maximum atomic E-state index is 12.3. The number of likely N-dealkylation sites (tertiary alicyclic amines) is 1. The third-order valence-electron chi connectivity index (χ3n) is 4.81. The van der Waals surface area contributed by atoms with Crippen LogP contribution in [0.2, 0.25) is 0 Å². The number of carbonyl (C=O) groups is 2. The topological polar surface area (TPSA) is 93.4 Å². The molecule has 0 radical (unpaired) electrons. The van der Waals surface area contributed by atoms with Crippen molar-refractivity contribution in [2.24, 2.45) is 14.1 Å². The van der Waals surface area contributed by atoms with E-state index in [1.807, 2.05) is 4.90 Å². The van der Waals surface area contributed by atoms with Gasteiger partial charge in [-0.25, -0.2) is 4.79 Å². The second-order valence-corrected chi connectivity index (χ2v) is 6.65. The van der Waals surface area contributed by atoms with E-state index in [-0.39, 0.29) is 18.1 Å². The Balaban J connectivity index is 1.67. The third kappa shape index (κ3) is 3.84. The van der Waals surface area contributed by atoms with Crippen LogP contribution in [0.4, 0.5) is 0 Å². The lowest BCUT2D eigenvalue weighted by molar-refractivity contribution is 0.0792. The smallest absolute Gasteiger partial charge is 0.331 e. The van der Waals surface area contributed by atoms with E-state index in [9.17, 15) is 19.2 Å². The van der Waals surface area contributed by atoms with Crippen molar-refractivity contribution in [2.45, 2.75) is 19.4 Å². The van der Waals surface area contributed by atoms with Crippen LogP contribution >= 0.6 is 0 Å². The van der Waals surface area contributed by atoms with Crippen molar-refractivity contribution < 1.29 is 9.59 Å². The van der Waals surface area contributed by atoms with Gasteiger partial charge in [0, 0.05) is 45.4 Å². The molecule has 2 aromatic rings. The van der Waals surface area contributed by atoms with Crippen LogP contribution in [0.25, 0.3) is 0 Å². The van der Waals surface area contributed by atoms with Crippen LogP contribution in [0.5, 0.6) is 0 Å². The zero-order valence-corrected chi connectivity index (χ0v) is 15.4. The zero-order chi connectivity index (χ0) is 19.6. The highest BCUT2D eigenvalue weighted by molar-refractivity contribution is 5.94. The van der Waals surface area contributed by atoms with Crippen molar-refractivity contribution in [2.75, 3.05) is 13.1 Å². The predicted molar refractivity (Wildman–Crippen MR) is 99.7 cm³/mol. The summed E-state index contributed by atoms with van der Waals surface area (Å²) in [6.07, 6.45) is 2.09. The van der Waals surface area contributed by atoms with Crippen molar-refractivity contribution in [1.82, 2.24) is 19.4 Å². The minimum atomic E-state index is -0.558. The van der Waals surface area contributed by atoms with Crippen molar-refractivity contribution in [1.29, 1.82) is 0 Å². The molecule has 1 N–H and O–H groups in total. The van der Waals surface area contributed by atoms with Crippen LogP contribution in [-0.2, 0) is 20.6 Å². The molecule has 1 saturated heterocycles. The van der Waals surface area contributed by atoms with E-state index in [1.165, 1.54) is 14.1 Å². The van der Waals surface area contributed by atoms with Gasteiger partial charge >= 0.3 is 5.69 Å². The van der Waals surface area contributed by atoms with Gasteiger partial charge in [-0.1, -0.05) is 12.1 Å². The minimum Gasteiger partial charge on any atom is -0.347 e. The summed E-state index contributed by atoms with van der Waals surface area (Å²) >= 11 is 0. The molecule has 8 nitrogen and oxygen atoms in total. The second-order valence-electron chi connectivity index (χ2n) is 6.65. The lowest BCUT2D eigenvalue weighted by Gasteiger charge is -2.15. The van der Waals surface area contributed by atoms with Crippen molar-refractivity contribution in [3.05, 3.63) is 68.0 Å². The number of nitrogens with one attached hydrogen (secondary N) is 1. The van der Waals surface area contributed by atoms with Gasteiger partial charge in [0.1, 0.15) is 5.69 Å². The third-order valence-corrected chi connectivity index (χ3v) is 4.81. The van der Waals surface area contributed by atoms with Gasteiger partial charge < -0.3 is 10.2 Å². The number of nitrogens with zero attached hydrogens (tertiary/aromatic N) is 3. The molecular weight excluding hydrogens is 348 g/mol. The Morgan fingerprint density at radius 3 is 2.26 bits per heavy atom. The van der Waals surface area contributed by atoms with Gasteiger partial charge in [-0.15, -0.1) is 0 Å². The average Bonchev–Trinajstić information content (AvgIpc) is 3.22. The maximum absolute atomic E-state index is 12.3. The summed E-state index contributed by atoms with van der Waals surface area (Å²) in [6, 6.07) is 8.19. The highest BCUT2D eigenvalue weighted by Crippen LogP contribution is 2.13. The van der Waals surface area contributed by atoms with E-state index in [1.54, 1.807) is 24.3 Å². The summed E-state index contributed by atoms with van der Waals surface area (Å²) in [5.41, 5.74) is 0.352. The lowest BCUT2D eigenvalue weighted by atomic mass is 10.1. The van der Waals surface area contributed by atoms with E-state index < -0.39 is 17.2 Å². The molecule has 0 bridgehead atoms. The number of hydrogen-bond donors (Lipinski definition) is 1. The maximum Gasteiger partial charge on any atom is 0.331 e. The Hall–Kier alpha value is -3.16. The Bertz CT molecular complexity index is 982. The summed E-state index contributed by atoms with van der Waals surface area (Å²) < 4.78 is 2.07. The SMILES string of the molecule is Cn1c(C(=O)NCc2ccc(C(=O)N3CCCC3)cc2)cc(=O)n(C)c1=O. The van der Waals surface area contributed by atoms with Crippen LogP contribution in [0.15, 0.2) is 39.9 Å². The number of rotatable bonds is 4. The summed E-state index contributed by atoms with van der Waals surface area (Å²) in [5.74, 6) is -0.484. The molecule has 142 valence electrons. The molecule has 2 amide bonds. The molecule has 8 heteroatoms. The van der Waals surface area contributed by atoms with Crippen molar-refractivity contribution in [3.8, 4) is 0 Å². The normalized spacial score (nSPS) is 13.6. The monoisotopic (exact) mass is 370 g/mol. The molecule has 1 aromatic heterocycles. The fourth-order valence-electron chi connectivity index (χ4n) is 3.09.